The Balaban J connectivity index is 1.35. The highest BCUT2D eigenvalue weighted by molar-refractivity contribution is 6.30. The Morgan fingerprint density at radius 2 is 1.59 bits per heavy atom. The van der Waals surface area contributed by atoms with E-state index >= 15 is 0 Å². The molecular weight excluding hydrogens is 360 g/mol. The molecule has 2 fully saturated rings. The van der Waals surface area contributed by atoms with E-state index in [2.05, 4.69) is 15.1 Å². The fourth-order valence-corrected chi connectivity index (χ4v) is 4.16. The Morgan fingerprint density at radius 3 is 2.22 bits per heavy atom. The van der Waals surface area contributed by atoms with E-state index < -0.39 is 0 Å². The number of rotatable bonds is 3. The van der Waals surface area contributed by atoms with E-state index in [1.54, 1.807) is 0 Å². The van der Waals surface area contributed by atoms with Crippen LogP contribution in [0.25, 0.3) is 11.3 Å². The van der Waals surface area contributed by atoms with Crippen molar-refractivity contribution in [2.75, 3.05) is 31.1 Å². The SMILES string of the molecule is O=C(C1CCCCC1)N1CCN(c2ccc(-c3ccc(Cl)cc3)nn2)CC1. The summed E-state index contributed by atoms with van der Waals surface area (Å²) in [5.41, 5.74) is 1.84. The van der Waals surface area contributed by atoms with E-state index in [1.165, 1.54) is 19.3 Å². The number of halogens is 1. The Bertz CT molecular complexity index is 764. The summed E-state index contributed by atoms with van der Waals surface area (Å²) in [7, 11) is 0. The standard InChI is InChI=1S/C21H25ClN4O/c22-18-8-6-16(7-9-18)19-10-11-20(24-23-19)25-12-14-26(15-13-25)21(27)17-4-2-1-3-5-17/h6-11,17H,1-5,12-15H2. The maximum atomic E-state index is 12.7. The number of amides is 1. The summed E-state index contributed by atoms with van der Waals surface area (Å²) in [5, 5.41) is 9.48. The Labute approximate surface area is 165 Å². The molecule has 0 bridgehead atoms. The summed E-state index contributed by atoms with van der Waals surface area (Å²) in [6, 6.07) is 11.6. The van der Waals surface area contributed by atoms with E-state index in [1.807, 2.05) is 41.3 Å². The largest absolute Gasteiger partial charge is 0.352 e. The third-order valence-electron chi connectivity index (χ3n) is 5.66. The second kappa shape index (κ2) is 8.26. The Morgan fingerprint density at radius 1 is 0.889 bits per heavy atom. The zero-order valence-corrected chi connectivity index (χ0v) is 16.2. The lowest BCUT2D eigenvalue weighted by Crippen LogP contribution is -2.50. The van der Waals surface area contributed by atoms with Crippen LogP contribution in [0.1, 0.15) is 32.1 Å². The van der Waals surface area contributed by atoms with Crippen LogP contribution in [0.15, 0.2) is 36.4 Å². The molecule has 1 saturated heterocycles. The molecule has 0 spiro atoms. The van der Waals surface area contributed by atoms with Gasteiger partial charge in [0.1, 0.15) is 0 Å². The highest BCUT2D eigenvalue weighted by atomic mass is 35.5. The molecule has 27 heavy (non-hydrogen) atoms. The first-order chi connectivity index (χ1) is 13.2. The van der Waals surface area contributed by atoms with Crippen molar-refractivity contribution in [3.8, 4) is 11.3 Å². The molecule has 1 amide bonds. The predicted octanol–water partition coefficient (Wildman–Crippen LogP) is 4.03. The lowest BCUT2D eigenvalue weighted by Gasteiger charge is -2.37. The topological polar surface area (TPSA) is 49.3 Å². The first-order valence-electron chi connectivity index (χ1n) is 9.84. The number of hydrogen-bond acceptors (Lipinski definition) is 4. The van der Waals surface area contributed by atoms with Crippen molar-refractivity contribution >= 4 is 23.3 Å². The molecule has 1 aromatic heterocycles. The molecule has 4 rings (SSSR count). The summed E-state index contributed by atoms with van der Waals surface area (Å²) >= 11 is 5.94. The molecule has 0 unspecified atom stereocenters. The average molecular weight is 385 g/mol. The van der Waals surface area contributed by atoms with Crippen LogP contribution in [0.2, 0.25) is 5.02 Å². The number of benzene rings is 1. The normalized spacial score (nSPS) is 18.6. The molecule has 2 heterocycles. The van der Waals surface area contributed by atoms with Gasteiger partial charge in [0.25, 0.3) is 0 Å². The minimum Gasteiger partial charge on any atom is -0.352 e. The number of nitrogens with zero attached hydrogens (tertiary/aromatic N) is 4. The molecule has 6 heteroatoms. The minimum absolute atomic E-state index is 0.253. The predicted molar refractivity (Wildman–Crippen MR) is 108 cm³/mol. The second-order valence-corrected chi connectivity index (χ2v) is 7.87. The van der Waals surface area contributed by atoms with Crippen LogP contribution in [0.5, 0.6) is 0 Å². The van der Waals surface area contributed by atoms with Gasteiger partial charge in [0.05, 0.1) is 5.69 Å². The van der Waals surface area contributed by atoms with E-state index in [9.17, 15) is 4.79 Å². The number of carbonyl (C=O) groups is 1. The lowest BCUT2D eigenvalue weighted by atomic mass is 9.88. The first-order valence-corrected chi connectivity index (χ1v) is 10.2. The second-order valence-electron chi connectivity index (χ2n) is 7.43. The zero-order chi connectivity index (χ0) is 18.6. The van der Waals surface area contributed by atoms with Crippen molar-refractivity contribution in [2.45, 2.75) is 32.1 Å². The van der Waals surface area contributed by atoms with Crippen LogP contribution in [0.3, 0.4) is 0 Å². The molecule has 2 aromatic rings. The van der Waals surface area contributed by atoms with E-state index in [4.69, 9.17) is 11.6 Å². The molecule has 1 aromatic carbocycles. The summed E-state index contributed by atoms with van der Waals surface area (Å²) in [6.45, 7) is 3.17. The van der Waals surface area contributed by atoms with Crippen molar-refractivity contribution in [3.63, 3.8) is 0 Å². The van der Waals surface area contributed by atoms with Crippen LogP contribution in [0, 0.1) is 5.92 Å². The number of aromatic nitrogens is 2. The Kier molecular flexibility index (Phi) is 5.58. The van der Waals surface area contributed by atoms with Crippen molar-refractivity contribution < 1.29 is 4.79 Å². The molecule has 1 aliphatic carbocycles. The van der Waals surface area contributed by atoms with Gasteiger partial charge in [-0.1, -0.05) is 43.0 Å². The monoisotopic (exact) mass is 384 g/mol. The minimum atomic E-state index is 0.253. The van der Waals surface area contributed by atoms with E-state index in [0.717, 1.165) is 56.1 Å². The molecule has 0 N–H and O–H groups in total. The van der Waals surface area contributed by atoms with Crippen LogP contribution in [0.4, 0.5) is 5.82 Å². The maximum Gasteiger partial charge on any atom is 0.225 e. The highest BCUT2D eigenvalue weighted by Gasteiger charge is 2.28. The smallest absolute Gasteiger partial charge is 0.225 e. The number of anilines is 1. The van der Waals surface area contributed by atoms with Gasteiger partial charge in [-0.15, -0.1) is 10.2 Å². The van der Waals surface area contributed by atoms with Gasteiger partial charge < -0.3 is 9.80 Å². The van der Waals surface area contributed by atoms with Crippen molar-refractivity contribution in [1.82, 2.24) is 15.1 Å². The van der Waals surface area contributed by atoms with Crippen LogP contribution >= 0.6 is 11.6 Å². The summed E-state index contributed by atoms with van der Waals surface area (Å²) in [6.07, 6.45) is 5.81. The van der Waals surface area contributed by atoms with Gasteiger partial charge in [-0.25, -0.2) is 0 Å². The van der Waals surface area contributed by atoms with Gasteiger partial charge in [-0.2, -0.15) is 0 Å². The fourth-order valence-electron chi connectivity index (χ4n) is 4.03. The van der Waals surface area contributed by atoms with E-state index in [-0.39, 0.29) is 5.92 Å². The van der Waals surface area contributed by atoms with Crippen molar-refractivity contribution in [3.05, 3.63) is 41.4 Å². The van der Waals surface area contributed by atoms with Gasteiger partial charge in [-0.3, -0.25) is 4.79 Å². The number of hydrogen-bond donors (Lipinski definition) is 0. The molecule has 1 saturated carbocycles. The zero-order valence-electron chi connectivity index (χ0n) is 15.5. The molecular formula is C21H25ClN4O. The maximum absolute atomic E-state index is 12.7. The molecule has 0 atom stereocenters. The van der Waals surface area contributed by atoms with Crippen LogP contribution < -0.4 is 4.90 Å². The van der Waals surface area contributed by atoms with Crippen molar-refractivity contribution in [2.24, 2.45) is 5.92 Å². The van der Waals surface area contributed by atoms with Gasteiger partial charge in [0.2, 0.25) is 5.91 Å². The number of carbonyl (C=O) groups excluding carboxylic acids is 1. The molecule has 5 nitrogen and oxygen atoms in total. The number of piperazine rings is 1. The lowest BCUT2D eigenvalue weighted by molar-refractivity contribution is -0.136. The highest BCUT2D eigenvalue weighted by Crippen LogP contribution is 2.26. The summed E-state index contributed by atoms with van der Waals surface area (Å²) < 4.78 is 0. The van der Waals surface area contributed by atoms with Gasteiger partial charge in [0.15, 0.2) is 5.82 Å². The van der Waals surface area contributed by atoms with Crippen molar-refractivity contribution in [1.29, 1.82) is 0 Å². The molecule has 2 aliphatic rings. The molecule has 0 radical (unpaired) electrons. The molecule has 142 valence electrons. The Hall–Kier alpha value is -2.14. The van der Waals surface area contributed by atoms with E-state index in [0.29, 0.717) is 10.9 Å². The van der Waals surface area contributed by atoms with Gasteiger partial charge >= 0.3 is 0 Å². The summed E-state index contributed by atoms with van der Waals surface area (Å²) in [4.78, 5) is 16.9. The fraction of sp³-hybridized carbons (Fsp3) is 0.476. The third kappa shape index (κ3) is 4.24. The first kappa shape index (κ1) is 18.2. The third-order valence-corrected chi connectivity index (χ3v) is 5.91. The van der Waals surface area contributed by atoms with Crippen LogP contribution in [-0.2, 0) is 4.79 Å². The summed E-state index contributed by atoms with van der Waals surface area (Å²) in [5.74, 6) is 1.49. The van der Waals surface area contributed by atoms with Crippen LogP contribution in [-0.4, -0.2) is 47.2 Å². The quantitative estimate of drug-likeness (QED) is 0.801. The molecule has 1 aliphatic heterocycles. The van der Waals surface area contributed by atoms with Gasteiger partial charge in [-0.05, 0) is 37.1 Å². The van der Waals surface area contributed by atoms with Gasteiger partial charge in [0, 0.05) is 42.7 Å². The average Bonchev–Trinajstić information content (AvgIpc) is 2.75.